The molecule has 13 heteroatoms. The Morgan fingerprint density at radius 2 is 1.84 bits per heavy atom. The van der Waals surface area contributed by atoms with Crippen molar-refractivity contribution >= 4 is 42.1 Å². The number of carboxylic acid groups (broad SMARTS) is 1. The number of hydrogen-bond acceptors (Lipinski definition) is 10. The van der Waals surface area contributed by atoms with Gasteiger partial charge in [0.15, 0.2) is 23.3 Å². The highest BCUT2D eigenvalue weighted by Crippen LogP contribution is 2.39. The fourth-order valence-corrected chi connectivity index (χ4v) is 6.53. The summed E-state index contributed by atoms with van der Waals surface area (Å²) in [5.74, 6) is 2.06. The molecule has 2 amide bonds. The number of ether oxygens (including phenoxy) is 1. The van der Waals surface area contributed by atoms with Crippen molar-refractivity contribution in [3.8, 4) is 0 Å². The van der Waals surface area contributed by atoms with Crippen LogP contribution in [0, 0.1) is 23.2 Å². The molecule has 0 unspecified atom stereocenters. The van der Waals surface area contributed by atoms with Gasteiger partial charge in [0.25, 0.3) is 0 Å². The zero-order valence-electron chi connectivity index (χ0n) is 27.9. The zero-order chi connectivity index (χ0) is 32.9. The number of hydrogen-bond donors (Lipinski definition) is 4. The lowest BCUT2D eigenvalue weighted by Gasteiger charge is -2.43. The minimum atomic E-state index is -1.36. The minimum Gasteiger partial charge on any atom is -0.465 e. The van der Waals surface area contributed by atoms with Crippen LogP contribution in [0.15, 0.2) is 4.99 Å². The maximum atomic E-state index is 12.9. The van der Waals surface area contributed by atoms with Crippen molar-refractivity contribution in [1.82, 2.24) is 25.1 Å². The van der Waals surface area contributed by atoms with E-state index in [1.807, 2.05) is 27.7 Å². The maximum Gasteiger partial charge on any atom is 0.410 e. The number of aromatic nitrogens is 2. The standard InChI is InChI=1S/C32H53N9O4/c1-20-11-13-23(14-12-20)18-40(19-39-15-16-41(21(2)17-39)31(44)45-32(4,5)6)25-27(34-7)37-29(26(33)36-30(42)43)38-28(25)35-22(3)24-9-8-10-24/h20-24H,7-19H2,1-6H3,(H2,33,36)(H,42,43)(H,35,37,38)/t20-,21-,22+,23-/m0/s1. The fraction of sp³-hybridized carbons (Fsp3) is 0.750. The van der Waals surface area contributed by atoms with Crippen LogP contribution in [0.25, 0.3) is 0 Å². The number of anilines is 2. The number of nitrogens with one attached hydrogen (secondary N) is 3. The largest absolute Gasteiger partial charge is 0.465 e. The monoisotopic (exact) mass is 627 g/mol. The van der Waals surface area contributed by atoms with Crippen molar-refractivity contribution in [2.45, 2.75) is 104 Å². The van der Waals surface area contributed by atoms with E-state index in [0.717, 1.165) is 38.1 Å². The van der Waals surface area contributed by atoms with Crippen LogP contribution in [0.5, 0.6) is 0 Å². The van der Waals surface area contributed by atoms with Gasteiger partial charge < -0.3 is 25.0 Å². The second-order valence-corrected chi connectivity index (χ2v) is 14.2. The molecule has 250 valence electrons. The third-order valence-corrected chi connectivity index (χ3v) is 9.33. The number of rotatable bonds is 10. The smallest absolute Gasteiger partial charge is 0.410 e. The molecule has 2 atom stereocenters. The first kappa shape index (κ1) is 34.4. The molecule has 13 nitrogen and oxygen atoms in total. The Hall–Kier alpha value is -3.48. The highest BCUT2D eigenvalue weighted by atomic mass is 16.6. The summed E-state index contributed by atoms with van der Waals surface area (Å²) in [6.45, 7) is 19.2. The van der Waals surface area contributed by atoms with Gasteiger partial charge in [0.1, 0.15) is 11.3 Å². The van der Waals surface area contributed by atoms with E-state index < -0.39 is 17.5 Å². The summed E-state index contributed by atoms with van der Waals surface area (Å²) in [5, 5.41) is 23.2. The van der Waals surface area contributed by atoms with Crippen LogP contribution in [-0.4, -0.2) is 100 Å². The normalized spacial score (nSPS) is 23.4. The molecule has 2 heterocycles. The van der Waals surface area contributed by atoms with Crippen molar-refractivity contribution in [2.24, 2.45) is 22.7 Å². The van der Waals surface area contributed by atoms with Crippen molar-refractivity contribution in [3.05, 3.63) is 5.82 Å². The van der Waals surface area contributed by atoms with Crippen LogP contribution in [0.2, 0.25) is 0 Å². The Labute approximate surface area is 267 Å². The molecule has 1 saturated heterocycles. The van der Waals surface area contributed by atoms with Gasteiger partial charge in [-0.05, 0) is 84.8 Å². The average Bonchev–Trinajstić information content (AvgIpc) is 2.91. The predicted molar refractivity (Wildman–Crippen MR) is 177 cm³/mol. The van der Waals surface area contributed by atoms with Crippen LogP contribution in [0.1, 0.15) is 92.3 Å². The summed E-state index contributed by atoms with van der Waals surface area (Å²) in [7, 11) is 0. The molecule has 0 spiro atoms. The number of amidine groups is 1. The van der Waals surface area contributed by atoms with E-state index in [0.29, 0.717) is 55.5 Å². The molecular weight excluding hydrogens is 574 g/mol. The molecule has 4 rings (SSSR count). The van der Waals surface area contributed by atoms with Gasteiger partial charge in [-0.2, -0.15) is 0 Å². The van der Waals surface area contributed by atoms with Gasteiger partial charge in [-0.3, -0.25) is 15.6 Å². The van der Waals surface area contributed by atoms with Crippen molar-refractivity contribution < 1.29 is 19.4 Å². The van der Waals surface area contributed by atoms with E-state index >= 15 is 0 Å². The minimum absolute atomic E-state index is 0.0413. The number of piperazine rings is 1. The Morgan fingerprint density at radius 3 is 2.40 bits per heavy atom. The Bertz CT molecular complexity index is 1220. The third-order valence-electron chi connectivity index (χ3n) is 9.33. The van der Waals surface area contributed by atoms with Gasteiger partial charge in [0.05, 0.1) is 6.67 Å². The summed E-state index contributed by atoms with van der Waals surface area (Å²) in [5.41, 5.74) is 0.155. The molecule has 0 aromatic carbocycles. The first-order chi connectivity index (χ1) is 21.2. The molecule has 1 aliphatic heterocycles. The van der Waals surface area contributed by atoms with Crippen LogP contribution in [0.3, 0.4) is 0 Å². The third kappa shape index (κ3) is 9.27. The molecule has 2 aliphatic carbocycles. The molecule has 45 heavy (non-hydrogen) atoms. The van der Waals surface area contributed by atoms with Crippen LogP contribution in [0.4, 0.5) is 26.9 Å². The van der Waals surface area contributed by atoms with E-state index in [1.165, 1.54) is 19.3 Å². The second kappa shape index (κ2) is 14.7. The Balaban J connectivity index is 1.66. The fourth-order valence-electron chi connectivity index (χ4n) is 6.53. The van der Waals surface area contributed by atoms with Crippen molar-refractivity contribution in [2.75, 3.05) is 43.1 Å². The highest BCUT2D eigenvalue weighted by Gasteiger charge is 2.34. The lowest BCUT2D eigenvalue weighted by molar-refractivity contribution is 0.00144. The summed E-state index contributed by atoms with van der Waals surface area (Å²) >= 11 is 0. The second-order valence-electron chi connectivity index (χ2n) is 14.2. The number of carbonyl (C=O) groups is 2. The average molecular weight is 628 g/mol. The molecule has 2 saturated carbocycles. The molecular formula is C32H53N9O4. The quantitative estimate of drug-likeness (QED) is 0.193. The molecule has 3 fully saturated rings. The van der Waals surface area contributed by atoms with Crippen LogP contribution >= 0.6 is 0 Å². The Kier molecular flexibility index (Phi) is 11.3. The van der Waals surface area contributed by atoms with Gasteiger partial charge >= 0.3 is 12.2 Å². The molecule has 3 aliphatic rings. The number of amides is 2. The van der Waals surface area contributed by atoms with Gasteiger partial charge in [0.2, 0.25) is 0 Å². The number of nitrogens with zero attached hydrogens (tertiary/aromatic N) is 6. The summed E-state index contributed by atoms with van der Waals surface area (Å²) in [6, 6.07) is 0.0784. The molecule has 4 N–H and O–H groups in total. The highest BCUT2D eigenvalue weighted by molar-refractivity contribution is 6.02. The van der Waals surface area contributed by atoms with E-state index in [-0.39, 0.29) is 24.0 Å². The molecule has 1 aromatic heterocycles. The SMILES string of the molecule is C=Nc1nc(C(=N)NC(=O)O)nc(N[C@H](C)C2CCC2)c1N(CN1CCN(C(=O)OC(C)(C)C)[C@@H](C)C1)C[C@H]1CC[C@H](C)CC1. The number of carbonyl (C=O) groups excluding carboxylic acids is 1. The molecule has 0 radical (unpaired) electrons. The van der Waals surface area contributed by atoms with Gasteiger partial charge in [-0.15, -0.1) is 0 Å². The zero-order valence-corrected chi connectivity index (χ0v) is 27.9. The van der Waals surface area contributed by atoms with Crippen molar-refractivity contribution in [3.63, 3.8) is 0 Å². The summed E-state index contributed by atoms with van der Waals surface area (Å²) < 4.78 is 5.67. The maximum absolute atomic E-state index is 12.9. The van der Waals surface area contributed by atoms with E-state index in [2.05, 4.69) is 51.0 Å². The van der Waals surface area contributed by atoms with E-state index in [9.17, 15) is 14.7 Å². The van der Waals surface area contributed by atoms with E-state index in [4.69, 9.17) is 15.1 Å². The lowest BCUT2D eigenvalue weighted by atomic mass is 9.80. The van der Waals surface area contributed by atoms with E-state index in [1.54, 1.807) is 4.90 Å². The summed E-state index contributed by atoms with van der Waals surface area (Å²) in [6.07, 6.45) is 6.45. The van der Waals surface area contributed by atoms with Gasteiger partial charge in [-0.1, -0.05) is 26.2 Å². The lowest BCUT2D eigenvalue weighted by Crippen LogP contribution is -2.57. The van der Waals surface area contributed by atoms with Crippen molar-refractivity contribution in [1.29, 1.82) is 5.41 Å². The first-order valence-electron chi connectivity index (χ1n) is 16.4. The first-order valence-corrected chi connectivity index (χ1v) is 16.4. The van der Waals surface area contributed by atoms with Crippen LogP contribution < -0.4 is 15.5 Å². The predicted octanol–water partition coefficient (Wildman–Crippen LogP) is 5.53. The molecule has 0 bridgehead atoms. The van der Waals surface area contributed by atoms with Gasteiger partial charge in [-0.25, -0.2) is 24.5 Å². The number of aliphatic imine (C=N–C) groups is 1. The topological polar surface area (TPSA) is 159 Å². The molecule has 1 aromatic rings. The van der Waals surface area contributed by atoms with Crippen LogP contribution in [-0.2, 0) is 4.74 Å². The summed E-state index contributed by atoms with van der Waals surface area (Å²) in [4.78, 5) is 44.2. The Morgan fingerprint density at radius 1 is 1.16 bits per heavy atom. The van der Waals surface area contributed by atoms with Gasteiger partial charge in [0, 0.05) is 38.3 Å².